The molecular formula is C5H9FO2S. The number of carbonyl (C=O) groups is 1. The van der Waals surface area contributed by atoms with E-state index < -0.39 is 12.8 Å². The third-order valence-corrected chi connectivity index (χ3v) is 1.43. The van der Waals surface area contributed by atoms with Crippen LogP contribution < -0.4 is 0 Å². The number of aliphatic hydroxyl groups excluding tert-OH is 1. The first-order valence-corrected chi connectivity index (χ1v) is 3.74. The molecule has 0 rings (SSSR count). The SMILES string of the molecule is CSC(=O)CC(O)CF. The zero-order valence-corrected chi connectivity index (χ0v) is 5.95. The first-order valence-electron chi connectivity index (χ1n) is 2.51. The van der Waals surface area contributed by atoms with E-state index in [9.17, 15) is 9.18 Å². The highest BCUT2D eigenvalue weighted by Gasteiger charge is 2.07. The van der Waals surface area contributed by atoms with Crippen LogP contribution in [0.1, 0.15) is 6.42 Å². The quantitative estimate of drug-likeness (QED) is 0.643. The van der Waals surface area contributed by atoms with E-state index in [0.717, 1.165) is 11.8 Å². The lowest BCUT2D eigenvalue weighted by Gasteiger charge is -2.00. The molecule has 0 aromatic carbocycles. The molecule has 0 radical (unpaired) electrons. The Morgan fingerprint density at radius 2 is 2.44 bits per heavy atom. The number of hydrogen-bond acceptors (Lipinski definition) is 3. The van der Waals surface area contributed by atoms with Crippen LogP contribution in [0.25, 0.3) is 0 Å². The van der Waals surface area contributed by atoms with Crippen molar-refractivity contribution in [2.45, 2.75) is 12.5 Å². The second-order valence-corrected chi connectivity index (χ2v) is 2.45. The predicted octanol–water partition coefficient (Wildman–Crippen LogP) is 0.597. The second kappa shape index (κ2) is 4.76. The van der Waals surface area contributed by atoms with Gasteiger partial charge in [0.05, 0.1) is 6.10 Å². The van der Waals surface area contributed by atoms with Gasteiger partial charge in [-0.2, -0.15) is 0 Å². The van der Waals surface area contributed by atoms with Crippen molar-refractivity contribution in [1.82, 2.24) is 0 Å². The highest BCUT2D eigenvalue weighted by molar-refractivity contribution is 8.13. The van der Waals surface area contributed by atoms with Crippen molar-refractivity contribution in [3.63, 3.8) is 0 Å². The Bertz CT molecular complexity index is 97.0. The maximum absolute atomic E-state index is 11.5. The zero-order chi connectivity index (χ0) is 7.28. The third-order valence-electron chi connectivity index (χ3n) is 0.808. The Morgan fingerprint density at radius 3 is 2.78 bits per heavy atom. The van der Waals surface area contributed by atoms with Crippen LogP contribution in [0, 0.1) is 0 Å². The number of aliphatic hydroxyl groups is 1. The summed E-state index contributed by atoms with van der Waals surface area (Å²) < 4.78 is 11.5. The summed E-state index contributed by atoms with van der Waals surface area (Å²) in [5, 5.41) is 8.37. The van der Waals surface area contributed by atoms with E-state index in [4.69, 9.17) is 5.11 Å². The number of alkyl halides is 1. The normalized spacial score (nSPS) is 13.2. The van der Waals surface area contributed by atoms with Gasteiger partial charge in [-0.3, -0.25) is 4.79 Å². The summed E-state index contributed by atoms with van der Waals surface area (Å²) >= 11 is 1.00. The van der Waals surface area contributed by atoms with Gasteiger partial charge in [-0.05, 0) is 6.26 Å². The highest BCUT2D eigenvalue weighted by Crippen LogP contribution is 2.02. The highest BCUT2D eigenvalue weighted by atomic mass is 32.2. The maximum atomic E-state index is 11.5. The molecule has 0 heterocycles. The molecule has 0 aliphatic rings. The molecule has 2 nitrogen and oxygen atoms in total. The smallest absolute Gasteiger partial charge is 0.191 e. The molecule has 0 saturated carbocycles. The molecule has 1 N–H and O–H groups in total. The van der Waals surface area contributed by atoms with Gasteiger partial charge in [0.15, 0.2) is 5.12 Å². The van der Waals surface area contributed by atoms with E-state index >= 15 is 0 Å². The molecule has 0 saturated heterocycles. The van der Waals surface area contributed by atoms with Crippen LogP contribution in [0.2, 0.25) is 0 Å². The lowest BCUT2D eigenvalue weighted by Crippen LogP contribution is -2.12. The Morgan fingerprint density at radius 1 is 1.89 bits per heavy atom. The summed E-state index contributed by atoms with van der Waals surface area (Å²) in [4.78, 5) is 10.4. The fourth-order valence-electron chi connectivity index (χ4n) is 0.330. The van der Waals surface area contributed by atoms with Crippen LogP contribution in [-0.2, 0) is 4.79 Å². The van der Waals surface area contributed by atoms with Crippen molar-refractivity contribution in [2.75, 3.05) is 12.9 Å². The van der Waals surface area contributed by atoms with Crippen molar-refractivity contribution < 1.29 is 14.3 Å². The molecule has 0 aromatic rings. The predicted molar refractivity (Wildman–Crippen MR) is 35.1 cm³/mol. The first kappa shape index (κ1) is 8.91. The second-order valence-electron chi connectivity index (χ2n) is 1.59. The molecule has 0 fully saturated rings. The van der Waals surface area contributed by atoms with Crippen LogP contribution in [-0.4, -0.2) is 29.3 Å². The molecule has 1 unspecified atom stereocenters. The number of thioether (sulfide) groups is 1. The fourth-order valence-corrected chi connectivity index (χ4v) is 0.689. The minimum atomic E-state index is -1.11. The lowest BCUT2D eigenvalue weighted by atomic mass is 10.3. The Kier molecular flexibility index (Phi) is 4.71. The Labute approximate surface area is 57.4 Å². The van der Waals surface area contributed by atoms with Gasteiger partial charge < -0.3 is 5.11 Å². The van der Waals surface area contributed by atoms with Crippen molar-refractivity contribution in [2.24, 2.45) is 0 Å². The zero-order valence-electron chi connectivity index (χ0n) is 5.13. The van der Waals surface area contributed by atoms with Gasteiger partial charge in [0.1, 0.15) is 6.67 Å². The van der Waals surface area contributed by atoms with Gasteiger partial charge >= 0.3 is 0 Å². The van der Waals surface area contributed by atoms with Gasteiger partial charge in [-0.15, -0.1) is 0 Å². The van der Waals surface area contributed by atoms with E-state index in [1.54, 1.807) is 6.26 Å². The van der Waals surface area contributed by atoms with Gasteiger partial charge in [0.2, 0.25) is 0 Å². The average Bonchev–Trinajstić information content (AvgIpc) is 1.87. The monoisotopic (exact) mass is 152 g/mol. The fraction of sp³-hybridized carbons (Fsp3) is 0.800. The van der Waals surface area contributed by atoms with Crippen LogP contribution in [0.3, 0.4) is 0 Å². The molecule has 0 aliphatic heterocycles. The Balaban J connectivity index is 3.34. The number of halogens is 1. The molecule has 54 valence electrons. The van der Waals surface area contributed by atoms with Crippen LogP contribution in [0.5, 0.6) is 0 Å². The van der Waals surface area contributed by atoms with Gasteiger partial charge in [0.25, 0.3) is 0 Å². The third kappa shape index (κ3) is 4.42. The van der Waals surface area contributed by atoms with Crippen molar-refractivity contribution in [3.05, 3.63) is 0 Å². The standard InChI is InChI=1S/C5H9FO2S/c1-9-5(8)2-4(7)3-6/h4,7H,2-3H2,1H3. The van der Waals surface area contributed by atoms with Gasteiger partial charge in [-0.1, -0.05) is 11.8 Å². The molecule has 0 amide bonds. The van der Waals surface area contributed by atoms with Crippen LogP contribution in [0.15, 0.2) is 0 Å². The molecular weight excluding hydrogens is 143 g/mol. The van der Waals surface area contributed by atoms with E-state index in [-0.39, 0.29) is 11.5 Å². The van der Waals surface area contributed by atoms with Gasteiger partial charge in [-0.25, -0.2) is 4.39 Å². The topological polar surface area (TPSA) is 37.3 Å². The lowest BCUT2D eigenvalue weighted by molar-refractivity contribution is -0.112. The van der Waals surface area contributed by atoms with Crippen molar-refractivity contribution in [1.29, 1.82) is 0 Å². The van der Waals surface area contributed by atoms with E-state index in [2.05, 4.69) is 0 Å². The summed E-state index contributed by atoms with van der Waals surface area (Å²) in [6.07, 6.45) is 0.412. The molecule has 0 spiro atoms. The van der Waals surface area contributed by atoms with E-state index in [0.29, 0.717) is 0 Å². The average molecular weight is 152 g/mol. The van der Waals surface area contributed by atoms with Gasteiger partial charge in [0, 0.05) is 6.42 Å². The van der Waals surface area contributed by atoms with Crippen molar-refractivity contribution >= 4 is 16.9 Å². The number of carbonyl (C=O) groups excluding carboxylic acids is 1. The summed E-state index contributed by atoms with van der Waals surface area (Å²) in [7, 11) is 0. The molecule has 0 aromatic heterocycles. The summed E-state index contributed by atoms with van der Waals surface area (Å²) in [6.45, 7) is -0.841. The largest absolute Gasteiger partial charge is 0.390 e. The van der Waals surface area contributed by atoms with E-state index in [1.807, 2.05) is 0 Å². The van der Waals surface area contributed by atoms with Crippen LogP contribution in [0.4, 0.5) is 4.39 Å². The summed E-state index contributed by atoms with van der Waals surface area (Å²) in [6, 6.07) is 0. The molecule has 4 heteroatoms. The Hall–Kier alpha value is -0.0900. The first-order chi connectivity index (χ1) is 4.20. The minimum Gasteiger partial charge on any atom is -0.390 e. The molecule has 0 bridgehead atoms. The number of rotatable bonds is 3. The minimum absolute atomic E-state index is 0.0856. The van der Waals surface area contributed by atoms with E-state index in [1.165, 1.54) is 0 Å². The van der Waals surface area contributed by atoms with Crippen molar-refractivity contribution in [3.8, 4) is 0 Å². The van der Waals surface area contributed by atoms with Crippen LogP contribution >= 0.6 is 11.8 Å². The molecule has 1 atom stereocenters. The summed E-state index contributed by atoms with van der Waals surface area (Å²) in [5.41, 5.74) is 0. The summed E-state index contributed by atoms with van der Waals surface area (Å²) in [5.74, 6) is 0. The molecule has 0 aliphatic carbocycles. The maximum Gasteiger partial charge on any atom is 0.191 e. The molecule has 9 heavy (non-hydrogen) atoms. The number of hydrogen-bond donors (Lipinski definition) is 1.